The lowest BCUT2D eigenvalue weighted by Crippen LogP contribution is -2.45. The molecule has 1 aromatic carbocycles. The van der Waals surface area contributed by atoms with E-state index in [1.165, 1.54) is 16.7 Å². The van der Waals surface area contributed by atoms with Gasteiger partial charge in [-0.05, 0) is 43.1 Å². The van der Waals surface area contributed by atoms with Gasteiger partial charge in [-0.2, -0.15) is 15.1 Å². The summed E-state index contributed by atoms with van der Waals surface area (Å²) in [6.45, 7) is 10.7. The number of aliphatic hydroxyl groups excluding tert-OH is 1. The fourth-order valence-corrected chi connectivity index (χ4v) is 5.28. The Bertz CT molecular complexity index is 1060. The summed E-state index contributed by atoms with van der Waals surface area (Å²) in [5.41, 5.74) is 11.1. The molecule has 1 saturated heterocycles. The number of hydrazone groups is 1. The average molecular weight is 465 g/mol. The largest absolute Gasteiger partial charge is 0.394 e. The van der Waals surface area contributed by atoms with Crippen LogP contribution in [0.15, 0.2) is 29.4 Å². The van der Waals surface area contributed by atoms with Gasteiger partial charge >= 0.3 is 0 Å². The Kier molecular flexibility index (Phi) is 6.31. The Labute approximate surface area is 201 Å². The van der Waals surface area contributed by atoms with Gasteiger partial charge in [-0.1, -0.05) is 19.1 Å². The van der Waals surface area contributed by atoms with Crippen molar-refractivity contribution in [1.29, 1.82) is 0 Å². The van der Waals surface area contributed by atoms with Gasteiger partial charge in [0.05, 0.1) is 18.9 Å². The lowest BCUT2D eigenvalue weighted by Gasteiger charge is -2.37. The zero-order valence-electron chi connectivity index (χ0n) is 20.5. The van der Waals surface area contributed by atoms with Crippen LogP contribution in [0.2, 0.25) is 0 Å². The number of nitrogen functional groups attached to an aromatic ring is 1. The summed E-state index contributed by atoms with van der Waals surface area (Å²) in [6.07, 6.45) is 0.960. The molecule has 3 N–H and O–H groups in total. The Morgan fingerprint density at radius 3 is 2.56 bits per heavy atom. The summed E-state index contributed by atoms with van der Waals surface area (Å²) in [6, 6.07) is 9.16. The number of benzene rings is 1. The monoisotopic (exact) mass is 464 g/mol. The number of fused-ring (bicyclic) bond motifs is 1. The molecule has 0 amide bonds. The molecule has 1 aromatic heterocycles. The highest BCUT2D eigenvalue weighted by molar-refractivity contribution is 6.03. The SMILES string of the molecule is CC1CN(CCO)N=C1c1ccc2c(c1)CN(c1cc(N3CCN(C)CC3)nc(N)n1)C(C)C2. The molecule has 3 aliphatic rings. The first-order valence-corrected chi connectivity index (χ1v) is 12.3. The first-order chi connectivity index (χ1) is 16.4. The number of aliphatic hydroxyl groups is 1. The predicted octanol–water partition coefficient (Wildman–Crippen LogP) is 1.41. The Hall–Kier alpha value is -2.91. The standard InChI is InChI=1S/C25H36N8O/c1-17-15-32(10-11-34)29-24(17)20-5-4-19-12-18(2)33(16-21(19)13-20)23-14-22(27-25(26)28-23)31-8-6-30(3)7-9-31/h4-5,13-14,17-18,34H,6-12,15-16H2,1-3H3,(H2,26,27,28). The van der Waals surface area contributed by atoms with Gasteiger partial charge in [0.2, 0.25) is 5.95 Å². The lowest BCUT2D eigenvalue weighted by molar-refractivity contribution is 0.207. The number of likely N-dealkylation sites (N-methyl/N-ethyl adjacent to an activating group) is 1. The van der Waals surface area contributed by atoms with Crippen molar-refractivity contribution in [2.45, 2.75) is 32.9 Å². The fourth-order valence-electron chi connectivity index (χ4n) is 5.28. The molecule has 3 aliphatic heterocycles. The molecule has 0 radical (unpaired) electrons. The maximum absolute atomic E-state index is 9.28. The third kappa shape index (κ3) is 4.54. The zero-order valence-corrected chi connectivity index (χ0v) is 20.5. The maximum Gasteiger partial charge on any atom is 0.223 e. The number of nitrogens with two attached hydrogens (primary N) is 1. The van der Waals surface area contributed by atoms with E-state index in [1.807, 2.05) is 5.01 Å². The van der Waals surface area contributed by atoms with E-state index >= 15 is 0 Å². The molecule has 5 rings (SSSR count). The molecule has 0 bridgehead atoms. The second-order valence-electron chi connectivity index (χ2n) is 9.92. The maximum atomic E-state index is 9.28. The number of hydrogen-bond donors (Lipinski definition) is 2. The van der Waals surface area contributed by atoms with E-state index < -0.39 is 0 Å². The highest BCUT2D eigenvalue weighted by Gasteiger charge is 2.28. The third-order valence-electron chi connectivity index (χ3n) is 7.29. The van der Waals surface area contributed by atoms with Crippen molar-refractivity contribution in [1.82, 2.24) is 19.9 Å². The molecule has 4 heterocycles. The van der Waals surface area contributed by atoms with Crippen LogP contribution in [-0.4, -0.2) is 89.7 Å². The summed E-state index contributed by atoms with van der Waals surface area (Å²) in [5.74, 6) is 2.48. The average Bonchev–Trinajstić information content (AvgIpc) is 3.18. The molecule has 2 atom stereocenters. The Morgan fingerprint density at radius 2 is 1.79 bits per heavy atom. The number of β-amino-alcohol motifs (C(OH)–C–C–N with tert-alkyl or cyclic N) is 1. The first-order valence-electron chi connectivity index (χ1n) is 12.3. The van der Waals surface area contributed by atoms with Crippen molar-refractivity contribution in [3.8, 4) is 0 Å². The van der Waals surface area contributed by atoms with Crippen LogP contribution >= 0.6 is 0 Å². The molecule has 0 aliphatic carbocycles. The van der Waals surface area contributed by atoms with E-state index in [2.05, 4.69) is 69.8 Å². The van der Waals surface area contributed by atoms with Crippen LogP contribution in [-0.2, 0) is 13.0 Å². The summed E-state index contributed by atoms with van der Waals surface area (Å²) in [4.78, 5) is 16.2. The number of hydrogen-bond acceptors (Lipinski definition) is 9. The Balaban J connectivity index is 1.40. The van der Waals surface area contributed by atoms with Crippen molar-refractivity contribution >= 4 is 23.3 Å². The Morgan fingerprint density at radius 1 is 1.03 bits per heavy atom. The number of nitrogens with zero attached hydrogens (tertiary/aromatic N) is 7. The van der Waals surface area contributed by atoms with Gasteiger partial charge in [-0.15, -0.1) is 0 Å². The highest BCUT2D eigenvalue weighted by Crippen LogP contribution is 2.31. The molecular formula is C25H36N8O. The van der Waals surface area contributed by atoms with Crippen LogP contribution in [0.5, 0.6) is 0 Å². The molecule has 182 valence electrons. The van der Waals surface area contributed by atoms with Gasteiger partial charge < -0.3 is 25.5 Å². The van der Waals surface area contributed by atoms with Gasteiger partial charge in [-0.3, -0.25) is 5.01 Å². The normalized spacial score (nSPS) is 23.3. The second-order valence-corrected chi connectivity index (χ2v) is 9.92. The predicted molar refractivity (Wildman–Crippen MR) is 136 cm³/mol. The van der Waals surface area contributed by atoms with E-state index in [9.17, 15) is 5.11 Å². The highest BCUT2D eigenvalue weighted by atomic mass is 16.3. The smallest absolute Gasteiger partial charge is 0.223 e. The van der Waals surface area contributed by atoms with Gasteiger partial charge in [-0.25, -0.2) is 0 Å². The van der Waals surface area contributed by atoms with Crippen LogP contribution in [0.25, 0.3) is 0 Å². The molecule has 2 aromatic rings. The summed E-state index contributed by atoms with van der Waals surface area (Å²) in [5, 5.41) is 16.0. The number of aromatic nitrogens is 2. The molecule has 0 spiro atoms. The summed E-state index contributed by atoms with van der Waals surface area (Å²) < 4.78 is 0. The fraction of sp³-hybridized carbons (Fsp3) is 0.560. The molecule has 9 heteroatoms. The van der Waals surface area contributed by atoms with E-state index in [4.69, 9.17) is 10.8 Å². The van der Waals surface area contributed by atoms with Gasteiger partial charge in [0, 0.05) is 57.3 Å². The minimum Gasteiger partial charge on any atom is -0.394 e. The zero-order chi connectivity index (χ0) is 23.8. The van der Waals surface area contributed by atoms with Crippen molar-refractivity contribution in [3.63, 3.8) is 0 Å². The molecule has 2 unspecified atom stereocenters. The third-order valence-corrected chi connectivity index (χ3v) is 7.29. The van der Waals surface area contributed by atoms with Gasteiger partial charge in [0.25, 0.3) is 0 Å². The summed E-state index contributed by atoms with van der Waals surface area (Å²) in [7, 11) is 2.15. The van der Waals surface area contributed by atoms with Crippen molar-refractivity contribution in [2.24, 2.45) is 11.0 Å². The van der Waals surface area contributed by atoms with Crippen LogP contribution in [0, 0.1) is 5.92 Å². The van der Waals surface area contributed by atoms with Crippen LogP contribution in [0.4, 0.5) is 17.6 Å². The molecular weight excluding hydrogens is 428 g/mol. The minimum atomic E-state index is 0.124. The van der Waals surface area contributed by atoms with Crippen LogP contribution < -0.4 is 15.5 Å². The summed E-state index contributed by atoms with van der Waals surface area (Å²) >= 11 is 0. The number of rotatable bonds is 5. The van der Waals surface area contributed by atoms with Crippen molar-refractivity contribution < 1.29 is 5.11 Å². The van der Waals surface area contributed by atoms with Crippen molar-refractivity contribution in [3.05, 3.63) is 41.0 Å². The van der Waals surface area contributed by atoms with E-state index in [-0.39, 0.29) is 6.61 Å². The molecule has 9 nitrogen and oxygen atoms in total. The second kappa shape index (κ2) is 9.38. The molecule has 0 saturated carbocycles. The van der Waals surface area contributed by atoms with Crippen LogP contribution in [0.3, 0.4) is 0 Å². The number of anilines is 3. The minimum absolute atomic E-state index is 0.124. The molecule has 34 heavy (non-hydrogen) atoms. The van der Waals surface area contributed by atoms with Crippen LogP contribution in [0.1, 0.15) is 30.5 Å². The van der Waals surface area contributed by atoms with Gasteiger partial charge in [0.15, 0.2) is 0 Å². The van der Waals surface area contributed by atoms with E-state index in [0.717, 1.165) is 63.0 Å². The first kappa shape index (κ1) is 22.9. The van der Waals surface area contributed by atoms with E-state index in [0.29, 0.717) is 24.5 Å². The number of piperazine rings is 1. The quantitative estimate of drug-likeness (QED) is 0.686. The topological polar surface area (TPSA) is 97.4 Å². The lowest BCUT2D eigenvalue weighted by atomic mass is 9.90. The van der Waals surface area contributed by atoms with E-state index in [1.54, 1.807) is 0 Å². The van der Waals surface area contributed by atoms with Gasteiger partial charge in [0.1, 0.15) is 11.6 Å². The molecule has 1 fully saturated rings. The van der Waals surface area contributed by atoms with Crippen molar-refractivity contribution in [2.75, 3.05) is 68.5 Å².